The number of amides is 1. The normalized spacial score (nSPS) is 18.2. The summed E-state index contributed by atoms with van der Waals surface area (Å²) in [5.41, 5.74) is 1.87. The second kappa shape index (κ2) is 9.15. The van der Waals surface area contributed by atoms with Gasteiger partial charge in [0, 0.05) is 52.2 Å². The molecule has 30 heavy (non-hydrogen) atoms. The number of rotatable bonds is 5. The molecule has 3 heterocycles. The van der Waals surface area contributed by atoms with Crippen LogP contribution in [-0.2, 0) is 18.4 Å². The average molecular weight is 412 g/mol. The number of carbonyl (C=O) groups is 1. The van der Waals surface area contributed by atoms with Crippen LogP contribution in [0.2, 0.25) is 0 Å². The van der Waals surface area contributed by atoms with Crippen molar-refractivity contribution in [2.75, 3.05) is 31.6 Å². The third kappa shape index (κ3) is 4.72. The molecular formula is C21H29N7O2. The van der Waals surface area contributed by atoms with Gasteiger partial charge in [-0.15, -0.1) is 0 Å². The molecule has 0 unspecified atom stereocenters. The molecule has 160 valence electrons. The monoisotopic (exact) mass is 411 g/mol. The molecule has 1 N–H and O–H groups in total. The molecule has 2 aromatic rings. The summed E-state index contributed by atoms with van der Waals surface area (Å²) < 4.78 is 7.62. The second-order valence-corrected chi connectivity index (χ2v) is 7.77. The van der Waals surface area contributed by atoms with E-state index in [4.69, 9.17) is 4.74 Å². The SMILES string of the molecule is CN=C(NCc1ccc(OC2CCCC2)nc1)N1CCN(c2cnn(C)c2)C(=O)C1. The number of guanidine groups is 1. The van der Waals surface area contributed by atoms with E-state index < -0.39 is 0 Å². The van der Waals surface area contributed by atoms with Gasteiger partial charge in [-0.1, -0.05) is 6.07 Å². The van der Waals surface area contributed by atoms with Crippen molar-refractivity contribution < 1.29 is 9.53 Å². The predicted molar refractivity (Wildman–Crippen MR) is 114 cm³/mol. The molecule has 0 radical (unpaired) electrons. The molecule has 9 heteroatoms. The molecule has 1 amide bonds. The highest BCUT2D eigenvalue weighted by atomic mass is 16.5. The van der Waals surface area contributed by atoms with Gasteiger partial charge in [0.05, 0.1) is 11.9 Å². The zero-order valence-electron chi connectivity index (χ0n) is 17.6. The summed E-state index contributed by atoms with van der Waals surface area (Å²) in [5, 5.41) is 7.49. The zero-order chi connectivity index (χ0) is 20.9. The Kier molecular flexibility index (Phi) is 6.15. The van der Waals surface area contributed by atoms with Crippen LogP contribution in [0.5, 0.6) is 5.88 Å². The van der Waals surface area contributed by atoms with E-state index in [0.717, 1.165) is 24.1 Å². The van der Waals surface area contributed by atoms with Gasteiger partial charge in [-0.2, -0.15) is 5.10 Å². The van der Waals surface area contributed by atoms with E-state index in [9.17, 15) is 4.79 Å². The fraction of sp³-hybridized carbons (Fsp3) is 0.524. The number of carbonyl (C=O) groups excluding carboxylic acids is 1. The first-order valence-electron chi connectivity index (χ1n) is 10.5. The Morgan fingerprint density at radius 1 is 1.27 bits per heavy atom. The van der Waals surface area contributed by atoms with Crippen molar-refractivity contribution in [1.82, 2.24) is 25.0 Å². The van der Waals surface area contributed by atoms with E-state index in [1.807, 2.05) is 36.5 Å². The summed E-state index contributed by atoms with van der Waals surface area (Å²) in [6.07, 6.45) is 10.4. The van der Waals surface area contributed by atoms with Crippen molar-refractivity contribution in [1.29, 1.82) is 0 Å². The first-order chi connectivity index (χ1) is 14.6. The summed E-state index contributed by atoms with van der Waals surface area (Å²) in [7, 11) is 3.58. The smallest absolute Gasteiger partial charge is 0.246 e. The van der Waals surface area contributed by atoms with Gasteiger partial charge in [0.2, 0.25) is 11.8 Å². The predicted octanol–water partition coefficient (Wildman–Crippen LogP) is 1.56. The fourth-order valence-corrected chi connectivity index (χ4v) is 3.95. The van der Waals surface area contributed by atoms with Crippen molar-refractivity contribution in [2.24, 2.45) is 12.0 Å². The molecule has 4 rings (SSSR count). The van der Waals surface area contributed by atoms with Gasteiger partial charge in [0.25, 0.3) is 0 Å². The van der Waals surface area contributed by atoms with Gasteiger partial charge in [0.1, 0.15) is 12.6 Å². The molecule has 1 saturated carbocycles. The van der Waals surface area contributed by atoms with Gasteiger partial charge in [0.15, 0.2) is 5.96 Å². The number of anilines is 1. The maximum Gasteiger partial charge on any atom is 0.246 e. The highest BCUT2D eigenvalue weighted by Crippen LogP contribution is 2.23. The quantitative estimate of drug-likeness (QED) is 0.593. The van der Waals surface area contributed by atoms with E-state index in [1.54, 1.807) is 22.8 Å². The van der Waals surface area contributed by atoms with E-state index in [0.29, 0.717) is 37.6 Å². The van der Waals surface area contributed by atoms with Gasteiger partial charge in [-0.05, 0) is 31.2 Å². The number of hydrogen-bond acceptors (Lipinski definition) is 5. The van der Waals surface area contributed by atoms with Crippen molar-refractivity contribution in [2.45, 2.75) is 38.3 Å². The Morgan fingerprint density at radius 2 is 2.10 bits per heavy atom. The van der Waals surface area contributed by atoms with Gasteiger partial charge in [-0.25, -0.2) is 4.98 Å². The topological polar surface area (TPSA) is 87.9 Å². The molecule has 1 saturated heterocycles. The van der Waals surface area contributed by atoms with Crippen LogP contribution in [0.3, 0.4) is 0 Å². The van der Waals surface area contributed by atoms with Crippen molar-refractivity contribution in [3.63, 3.8) is 0 Å². The second-order valence-electron chi connectivity index (χ2n) is 7.77. The highest BCUT2D eigenvalue weighted by molar-refractivity contribution is 5.98. The first-order valence-corrected chi connectivity index (χ1v) is 10.5. The molecule has 0 bridgehead atoms. The van der Waals surface area contributed by atoms with Crippen LogP contribution in [0.25, 0.3) is 0 Å². The Hall–Kier alpha value is -3.10. The molecule has 2 aromatic heterocycles. The van der Waals surface area contributed by atoms with Crippen molar-refractivity contribution >= 4 is 17.6 Å². The standard InChI is InChI=1S/C21H29N7O2/c1-22-21(27-9-10-28(20(29)15-27)17-13-25-26(2)14-17)24-12-16-7-8-19(23-11-16)30-18-5-3-4-6-18/h7-8,11,13-14,18H,3-6,9-10,12,15H2,1-2H3,(H,22,24). The largest absolute Gasteiger partial charge is 0.474 e. The van der Waals surface area contributed by atoms with Crippen LogP contribution in [0, 0.1) is 0 Å². The van der Waals surface area contributed by atoms with Crippen LogP contribution in [-0.4, -0.2) is 64.3 Å². The van der Waals surface area contributed by atoms with E-state index in [1.165, 1.54) is 12.8 Å². The number of ether oxygens (including phenoxy) is 1. The van der Waals surface area contributed by atoms with Crippen LogP contribution >= 0.6 is 0 Å². The Balaban J connectivity index is 1.29. The molecular weight excluding hydrogens is 382 g/mol. The van der Waals surface area contributed by atoms with Crippen LogP contribution in [0.15, 0.2) is 35.7 Å². The van der Waals surface area contributed by atoms with Gasteiger partial charge >= 0.3 is 0 Å². The van der Waals surface area contributed by atoms with Crippen molar-refractivity contribution in [3.05, 3.63) is 36.3 Å². The third-order valence-electron chi connectivity index (χ3n) is 5.57. The minimum Gasteiger partial charge on any atom is -0.474 e. The first kappa shape index (κ1) is 20.2. The summed E-state index contributed by atoms with van der Waals surface area (Å²) >= 11 is 0. The minimum absolute atomic E-state index is 0.0345. The van der Waals surface area contributed by atoms with E-state index in [2.05, 4.69) is 20.4 Å². The number of aryl methyl sites for hydroxylation is 1. The maximum absolute atomic E-state index is 12.6. The number of piperazine rings is 1. The number of nitrogens with one attached hydrogen (secondary N) is 1. The molecule has 1 aliphatic carbocycles. The molecule has 0 spiro atoms. The molecule has 1 aliphatic heterocycles. The Morgan fingerprint density at radius 3 is 2.73 bits per heavy atom. The number of hydrogen-bond donors (Lipinski definition) is 1. The van der Waals surface area contributed by atoms with E-state index in [-0.39, 0.29) is 12.5 Å². The molecule has 0 aromatic carbocycles. The maximum atomic E-state index is 12.6. The lowest BCUT2D eigenvalue weighted by atomic mass is 10.2. The van der Waals surface area contributed by atoms with Gasteiger partial charge in [-0.3, -0.25) is 14.5 Å². The summed E-state index contributed by atoms with van der Waals surface area (Å²) in [6.45, 7) is 2.16. The third-order valence-corrected chi connectivity index (χ3v) is 5.57. The summed E-state index contributed by atoms with van der Waals surface area (Å²) in [5.74, 6) is 1.43. The summed E-state index contributed by atoms with van der Waals surface area (Å²) in [4.78, 5) is 25.1. The molecule has 0 atom stereocenters. The minimum atomic E-state index is 0.0345. The number of nitrogens with zero attached hydrogens (tertiary/aromatic N) is 6. The van der Waals surface area contributed by atoms with Crippen molar-refractivity contribution in [3.8, 4) is 5.88 Å². The number of aromatic nitrogens is 3. The molecule has 2 aliphatic rings. The van der Waals surface area contributed by atoms with Crippen LogP contribution in [0.1, 0.15) is 31.2 Å². The number of pyridine rings is 1. The fourth-order valence-electron chi connectivity index (χ4n) is 3.95. The van der Waals surface area contributed by atoms with Gasteiger partial charge < -0.3 is 19.9 Å². The lowest BCUT2D eigenvalue weighted by Crippen LogP contribution is -2.55. The van der Waals surface area contributed by atoms with Crippen LogP contribution in [0.4, 0.5) is 5.69 Å². The van der Waals surface area contributed by atoms with E-state index >= 15 is 0 Å². The molecule has 9 nitrogen and oxygen atoms in total. The molecule has 2 fully saturated rings. The average Bonchev–Trinajstić information content (AvgIpc) is 3.41. The zero-order valence-corrected chi connectivity index (χ0v) is 17.6. The summed E-state index contributed by atoms with van der Waals surface area (Å²) in [6, 6.07) is 3.94. The highest BCUT2D eigenvalue weighted by Gasteiger charge is 2.27. The lowest BCUT2D eigenvalue weighted by Gasteiger charge is -2.35. The lowest BCUT2D eigenvalue weighted by molar-refractivity contribution is -0.120. The number of aliphatic imine (C=N–C) groups is 1. The van der Waals surface area contributed by atoms with Crippen LogP contribution < -0.4 is 15.0 Å². The Labute approximate surface area is 176 Å². The Bertz CT molecular complexity index is 887.